The van der Waals surface area contributed by atoms with Crippen molar-refractivity contribution in [2.45, 2.75) is 15.2 Å². The van der Waals surface area contributed by atoms with Crippen LogP contribution in [0.1, 0.15) is 22.3 Å². The largest absolute Gasteiger partial charge is 0.278 e. The molecule has 1 aliphatic heterocycles. The lowest BCUT2D eigenvalue weighted by Gasteiger charge is -2.40. The number of hydrogen-bond acceptors (Lipinski definition) is 4. The zero-order chi connectivity index (χ0) is 37.5. The molecule has 4 nitrogen and oxygen atoms in total. The van der Waals surface area contributed by atoms with E-state index in [0.29, 0.717) is 17.6 Å². The summed E-state index contributed by atoms with van der Waals surface area (Å²) in [6.45, 7) is 0. The van der Waals surface area contributed by atoms with E-state index >= 15 is 0 Å². The van der Waals surface area contributed by atoms with Crippen LogP contribution < -0.4 is 0 Å². The van der Waals surface area contributed by atoms with Crippen molar-refractivity contribution in [3.63, 3.8) is 0 Å². The molecule has 2 aliphatic rings. The van der Waals surface area contributed by atoms with Crippen molar-refractivity contribution in [2.24, 2.45) is 0 Å². The molecule has 8 aromatic carbocycles. The van der Waals surface area contributed by atoms with Crippen LogP contribution in [0.3, 0.4) is 0 Å². The highest BCUT2D eigenvalue weighted by Gasteiger charge is 2.50. The Morgan fingerprint density at radius 1 is 0.386 bits per heavy atom. The first kappa shape index (κ1) is 32.2. The van der Waals surface area contributed by atoms with Crippen LogP contribution in [0.25, 0.3) is 72.8 Å². The summed E-state index contributed by atoms with van der Waals surface area (Å²) in [5, 5.41) is 2.38. The minimum Gasteiger partial charge on any atom is -0.278 e. The Bertz CT molecular complexity index is 3160. The number of rotatable bonds is 4. The number of nitrogens with zero attached hydrogens (tertiary/aromatic N) is 4. The molecule has 0 saturated carbocycles. The topological polar surface area (TPSA) is 43.6 Å². The van der Waals surface area contributed by atoms with Gasteiger partial charge in [0.25, 0.3) is 0 Å². The molecule has 266 valence electrons. The molecule has 3 heterocycles. The minimum atomic E-state index is -0.464. The maximum atomic E-state index is 5.29. The van der Waals surface area contributed by atoms with Crippen LogP contribution in [0.15, 0.2) is 204 Å². The lowest BCUT2D eigenvalue weighted by molar-refractivity contribution is 0.726. The standard InChI is InChI=1S/C52H32N4S/c1-3-15-33(16-4-1)34-27-29-36(30-28-34)50-53-49(35-17-5-2-6-18-35)54-51(55-50)56-44-25-13-9-21-39(44)47-45(56)32-31-43-48(47)57-46-26-14-12-24-42(46)52(43)40-22-10-7-19-37(40)38-20-8-11-23-41(38)52/h1-32H. The van der Waals surface area contributed by atoms with E-state index in [0.717, 1.165) is 27.7 Å². The lowest BCUT2D eigenvalue weighted by Crippen LogP contribution is -2.32. The fraction of sp³-hybridized carbons (Fsp3) is 0.0192. The molecular formula is C52H32N4S. The first-order chi connectivity index (χ1) is 28.3. The maximum Gasteiger partial charge on any atom is 0.238 e. The van der Waals surface area contributed by atoms with Crippen LogP contribution in [0.5, 0.6) is 0 Å². The second-order valence-electron chi connectivity index (χ2n) is 14.7. The number of benzene rings is 8. The van der Waals surface area contributed by atoms with E-state index in [1.165, 1.54) is 59.5 Å². The van der Waals surface area contributed by atoms with Gasteiger partial charge in [0, 0.05) is 31.7 Å². The third-order valence-electron chi connectivity index (χ3n) is 11.8. The highest BCUT2D eigenvalue weighted by Crippen LogP contribution is 2.63. The number of para-hydroxylation sites is 1. The highest BCUT2D eigenvalue weighted by molar-refractivity contribution is 7.99. The van der Waals surface area contributed by atoms with E-state index in [-0.39, 0.29) is 0 Å². The number of hydrogen-bond donors (Lipinski definition) is 0. The summed E-state index contributed by atoms with van der Waals surface area (Å²) in [7, 11) is 0. The SMILES string of the molecule is c1ccc(-c2ccc(-c3nc(-c4ccccc4)nc(-n4c5ccccc5c5c6c(ccc54)C4(c5ccccc5S6)c5ccccc5-c5ccccc54)n3)cc2)cc1. The highest BCUT2D eigenvalue weighted by atomic mass is 32.2. The number of fused-ring (bicyclic) bond motifs is 13. The van der Waals surface area contributed by atoms with Gasteiger partial charge in [-0.3, -0.25) is 4.57 Å². The molecule has 0 amide bonds. The Kier molecular flexibility index (Phi) is 7.04. The van der Waals surface area contributed by atoms with Crippen molar-refractivity contribution in [3.8, 4) is 51.0 Å². The Labute approximate surface area is 334 Å². The summed E-state index contributed by atoms with van der Waals surface area (Å²) in [5.41, 5.74) is 13.7. The van der Waals surface area contributed by atoms with Crippen molar-refractivity contribution in [1.29, 1.82) is 0 Å². The van der Waals surface area contributed by atoms with Crippen molar-refractivity contribution < 1.29 is 0 Å². The van der Waals surface area contributed by atoms with E-state index in [9.17, 15) is 0 Å². The second-order valence-corrected chi connectivity index (χ2v) is 15.8. The predicted octanol–water partition coefficient (Wildman–Crippen LogP) is 12.8. The van der Waals surface area contributed by atoms with Crippen LogP contribution in [0.2, 0.25) is 0 Å². The average molecular weight is 745 g/mol. The monoisotopic (exact) mass is 744 g/mol. The molecule has 10 aromatic rings. The van der Waals surface area contributed by atoms with Gasteiger partial charge in [0.2, 0.25) is 5.95 Å². The van der Waals surface area contributed by atoms with Crippen molar-refractivity contribution in [3.05, 3.63) is 216 Å². The molecule has 12 rings (SSSR count). The van der Waals surface area contributed by atoms with Gasteiger partial charge in [-0.25, -0.2) is 4.98 Å². The first-order valence-electron chi connectivity index (χ1n) is 19.3. The Balaban J connectivity index is 1.13. The van der Waals surface area contributed by atoms with E-state index in [1.807, 2.05) is 36.0 Å². The number of aromatic nitrogens is 4. The molecule has 0 atom stereocenters. The van der Waals surface area contributed by atoms with Crippen LogP contribution in [-0.4, -0.2) is 19.5 Å². The Morgan fingerprint density at radius 3 is 1.61 bits per heavy atom. The predicted molar refractivity (Wildman–Crippen MR) is 232 cm³/mol. The van der Waals surface area contributed by atoms with Crippen molar-refractivity contribution >= 4 is 33.6 Å². The summed E-state index contributed by atoms with van der Waals surface area (Å²) < 4.78 is 2.24. The molecular weight excluding hydrogens is 713 g/mol. The fourth-order valence-corrected chi connectivity index (χ4v) is 10.7. The third-order valence-corrected chi connectivity index (χ3v) is 13.0. The van der Waals surface area contributed by atoms with Crippen molar-refractivity contribution in [1.82, 2.24) is 19.5 Å². The molecule has 1 aliphatic carbocycles. The summed E-state index contributed by atoms with van der Waals surface area (Å²) in [6.07, 6.45) is 0. The van der Waals surface area contributed by atoms with E-state index in [1.54, 1.807) is 0 Å². The molecule has 0 unspecified atom stereocenters. The van der Waals surface area contributed by atoms with E-state index in [4.69, 9.17) is 15.0 Å². The van der Waals surface area contributed by atoms with E-state index < -0.39 is 5.41 Å². The molecule has 2 aromatic heterocycles. The molecule has 57 heavy (non-hydrogen) atoms. The molecule has 0 bridgehead atoms. The lowest BCUT2D eigenvalue weighted by atomic mass is 9.67. The van der Waals surface area contributed by atoms with Gasteiger partial charge in [0.15, 0.2) is 11.6 Å². The second kappa shape index (κ2) is 12.5. The zero-order valence-electron chi connectivity index (χ0n) is 30.7. The van der Waals surface area contributed by atoms with Crippen LogP contribution in [-0.2, 0) is 5.41 Å². The molecule has 0 saturated heterocycles. The van der Waals surface area contributed by atoms with Crippen LogP contribution >= 0.6 is 11.8 Å². The normalized spacial score (nSPS) is 13.3. The van der Waals surface area contributed by atoms with Crippen LogP contribution in [0.4, 0.5) is 0 Å². The van der Waals surface area contributed by atoms with Crippen LogP contribution in [0, 0.1) is 0 Å². The maximum absolute atomic E-state index is 5.29. The minimum absolute atomic E-state index is 0.464. The van der Waals surface area contributed by atoms with Gasteiger partial charge < -0.3 is 0 Å². The Morgan fingerprint density at radius 2 is 0.912 bits per heavy atom. The summed E-state index contributed by atoms with van der Waals surface area (Å²) in [4.78, 5) is 18.2. The molecule has 0 N–H and O–H groups in total. The van der Waals surface area contributed by atoms with Gasteiger partial charge in [-0.05, 0) is 62.7 Å². The molecule has 0 fully saturated rings. The van der Waals surface area contributed by atoms with Gasteiger partial charge in [-0.2, -0.15) is 9.97 Å². The molecule has 0 radical (unpaired) electrons. The average Bonchev–Trinajstić information content (AvgIpc) is 3.78. The van der Waals surface area contributed by atoms with Gasteiger partial charge in [0.05, 0.1) is 16.4 Å². The quantitative estimate of drug-likeness (QED) is 0.180. The summed E-state index contributed by atoms with van der Waals surface area (Å²) in [6, 6.07) is 69.5. The van der Waals surface area contributed by atoms with Gasteiger partial charge in [0.1, 0.15) is 0 Å². The smallest absolute Gasteiger partial charge is 0.238 e. The van der Waals surface area contributed by atoms with Gasteiger partial charge in [-0.1, -0.05) is 188 Å². The summed E-state index contributed by atoms with van der Waals surface area (Å²) in [5.74, 6) is 1.85. The van der Waals surface area contributed by atoms with Crippen molar-refractivity contribution in [2.75, 3.05) is 0 Å². The Hall–Kier alpha value is -7.08. The fourth-order valence-electron chi connectivity index (χ4n) is 9.33. The van der Waals surface area contributed by atoms with Gasteiger partial charge >= 0.3 is 0 Å². The first-order valence-corrected chi connectivity index (χ1v) is 20.1. The zero-order valence-corrected chi connectivity index (χ0v) is 31.5. The summed E-state index contributed by atoms with van der Waals surface area (Å²) >= 11 is 1.88. The third kappa shape index (κ3) is 4.67. The van der Waals surface area contributed by atoms with Gasteiger partial charge in [-0.15, -0.1) is 0 Å². The molecule has 5 heteroatoms. The molecule has 1 spiro atoms. The van der Waals surface area contributed by atoms with E-state index in [2.05, 4.69) is 174 Å².